The van der Waals surface area contributed by atoms with Crippen molar-refractivity contribution in [2.75, 3.05) is 0 Å². The van der Waals surface area contributed by atoms with E-state index in [4.69, 9.17) is 10.8 Å². The largest absolute Gasteiger partial charge is 0.476 e. The SMILES string of the molecule is CCC(C(N)=O)n1nnc(C(=O)O)c1C(F)(F)F. The molecule has 3 N–H and O–H groups in total. The van der Waals surface area contributed by atoms with Crippen LogP contribution in [-0.2, 0) is 11.0 Å². The van der Waals surface area contributed by atoms with Gasteiger partial charge in [0.15, 0.2) is 5.69 Å². The number of primary amides is 1. The summed E-state index contributed by atoms with van der Waals surface area (Å²) in [6, 6.07) is -1.40. The van der Waals surface area contributed by atoms with Crippen molar-refractivity contribution >= 4 is 11.9 Å². The minimum atomic E-state index is -5.00. The summed E-state index contributed by atoms with van der Waals surface area (Å²) < 4.78 is 38.4. The Morgan fingerprint density at radius 3 is 2.39 bits per heavy atom. The molecule has 100 valence electrons. The first-order valence-corrected chi connectivity index (χ1v) is 4.75. The van der Waals surface area contributed by atoms with Gasteiger partial charge in [-0.05, 0) is 6.42 Å². The molecule has 10 heteroatoms. The van der Waals surface area contributed by atoms with E-state index >= 15 is 0 Å². The number of carboxylic acid groups (broad SMARTS) is 1. The molecule has 0 aromatic carbocycles. The van der Waals surface area contributed by atoms with Crippen LogP contribution in [0, 0.1) is 0 Å². The van der Waals surface area contributed by atoms with Crippen LogP contribution in [0.2, 0.25) is 0 Å². The summed E-state index contributed by atoms with van der Waals surface area (Å²) in [6.45, 7) is 1.41. The van der Waals surface area contributed by atoms with Gasteiger partial charge < -0.3 is 10.8 Å². The van der Waals surface area contributed by atoms with Gasteiger partial charge in [0.2, 0.25) is 11.6 Å². The average molecular weight is 266 g/mol. The number of hydrogen-bond donors (Lipinski definition) is 2. The van der Waals surface area contributed by atoms with Crippen molar-refractivity contribution in [2.45, 2.75) is 25.6 Å². The second kappa shape index (κ2) is 4.63. The lowest BCUT2D eigenvalue weighted by Gasteiger charge is -2.15. The van der Waals surface area contributed by atoms with E-state index in [1.165, 1.54) is 6.92 Å². The summed E-state index contributed by atoms with van der Waals surface area (Å²) >= 11 is 0. The third-order valence-corrected chi connectivity index (χ3v) is 2.18. The molecular formula is C8H9F3N4O3. The van der Waals surface area contributed by atoms with Crippen LogP contribution >= 0.6 is 0 Å². The molecule has 0 spiro atoms. The number of nitrogens with two attached hydrogens (primary N) is 1. The fourth-order valence-corrected chi connectivity index (χ4v) is 1.41. The number of nitrogens with zero attached hydrogens (tertiary/aromatic N) is 3. The molecule has 0 radical (unpaired) electrons. The molecule has 0 aliphatic rings. The highest BCUT2D eigenvalue weighted by molar-refractivity contribution is 5.87. The Labute approximate surface area is 98.4 Å². The molecule has 1 unspecified atom stereocenters. The van der Waals surface area contributed by atoms with E-state index in [0.717, 1.165) is 0 Å². The first kappa shape index (κ1) is 13.9. The highest BCUT2D eigenvalue weighted by Crippen LogP contribution is 2.33. The topological polar surface area (TPSA) is 111 Å². The van der Waals surface area contributed by atoms with Gasteiger partial charge >= 0.3 is 12.1 Å². The zero-order chi connectivity index (χ0) is 14.1. The molecule has 0 saturated heterocycles. The lowest BCUT2D eigenvalue weighted by molar-refractivity contribution is -0.146. The molecule has 0 bridgehead atoms. The lowest BCUT2D eigenvalue weighted by atomic mass is 10.2. The van der Waals surface area contributed by atoms with E-state index in [0.29, 0.717) is 0 Å². The molecule has 1 amide bonds. The maximum absolute atomic E-state index is 12.7. The van der Waals surface area contributed by atoms with Gasteiger partial charge in [-0.1, -0.05) is 12.1 Å². The number of carboxylic acids is 1. The normalized spacial score (nSPS) is 13.3. The van der Waals surface area contributed by atoms with Crippen molar-refractivity contribution in [3.8, 4) is 0 Å². The summed E-state index contributed by atoms with van der Waals surface area (Å²) in [5.41, 5.74) is 2.08. The number of aromatic nitrogens is 3. The smallest absolute Gasteiger partial charge is 0.435 e. The number of carbonyl (C=O) groups is 2. The predicted octanol–water partition coefficient (Wildman–Crippen LogP) is 0.432. The molecule has 18 heavy (non-hydrogen) atoms. The molecule has 7 nitrogen and oxygen atoms in total. The van der Waals surface area contributed by atoms with Crippen molar-refractivity contribution in [3.05, 3.63) is 11.4 Å². The Kier molecular flexibility index (Phi) is 3.58. The summed E-state index contributed by atoms with van der Waals surface area (Å²) in [5, 5.41) is 14.6. The van der Waals surface area contributed by atoms with E-state index in [1.807, 2.05) is 0 Å². The molecule has 1 heterocycles. The van der Waals surface area contributed by atoms with Crippen molar-refractivity contribution in [2.24, 2.45) is 5.73 Å². The van der Waals surface area contributed by atoms with Gasteiger partial charge in [-0.15, -0.1) is 5.10 Å². The number of amides is 1. The fourth-order valence-electron chi connectivity index (χ4n) is 1.41. The van der Waals surface area contributed by atoms with Gasteiger partial charge in [0.25, 0.3) is 0 Å². The van der Waals surface area contributed by atoms with E-state index in [9.17, 15) is 22.8 Å². The van der Waals surface area contributed by atoms with E-state index < -0.39 is 35.5 Å². The second-order valence-electron chi connectivity index (χ2n) is 3.36. The quantitative estimate of drug-likeness (QED) is 0.820. The highest BCUT2D eigenvalue weighted by Gasteiger charge is 2.43. The van der Waals surface area contributed by atoms with Crippen LogP contribution in [0.15, 0.2) is 0 Å². The number of hydrogen-bond acceptors (Lipinski definition) is 4. The number of aromatic carboxylic acids is 1. The van der Waals surface area contributed by atoms with Crippen LogP contribution in [0.4, 0.5) is 13.2 Å². The fraction of sp³-hybridized carbons (Fsp3) is 0.500. The molecule has 0 aliphatic carbocycles. The van der Waals surface area contributed by atoms with Gasteiger partial charge in [0, 0.05) is 0 Å². The van der Waals surface area contributed by atoms with Crippen LogP contribution < -0.4 is 5.73 Å². The molecule has 0 fully saturated rings. The van der Waals surface area contributed by atoms with Crippen molar-refractivity contribution in [3.63, 3.8) is 0 Å². The van der Waals surface area contributed by atoms with Crippen LogP contribution in [0.5, 0.6) is 0 Å². The van der Waals surface area contributed by atoms with E-state index in [1.54, 1.807) is 0 Å². The van der Waals surface area contributed by atoms with Crippen molar-refractivity contribution in [1.82, 2.24) is 15.0 Å². The number of halogens is 3. The molecule has 0 saturated carbocycles. The third kappa shape index (κ3) is 2.41. The zero-order valence-electron chi connectivity index (χ0n) is 9.10. The van der Waals surface area contributed by atoms with Crippen molar-refractivity contribution < 1.29 is 27.9 Å². The standard InChI is InChI=1S/C8H9F3N4O3/c1-2-3(6(12)16)15-5(8(9,10)11)4(7(17)18)13-14-15/h3H,2H2,1H3,(H2,12,16)(H,17,18). The third-order valence-electron chi connectivity index (χ3n) is 2.18. The maximum atomic E-state index is 12.7. The molecule has 1 rings (SSSR count). The van der Waals surface area contributed by atoms with E-state index in [-0.39, 0.29) is 11.1 Å². The van der Waals surface area contributed by atoms with E-state index in [2.05, 4.69) is 10.3 Å². The van der Waals surface area contributed by atoms with Gasteiger partial charge in [-0.25, -0.2) is 9.48 Å². The summed E-state index contributed by atoms with van der Waals surface area (Å²) in [6.07, 6.45) is -5.07. The van der Waals surface area contributed by atoms with Gasteiger partial charge in [-0.2, -0.15) is 13.2 Å². The number of carbonyl (C=O) groups excluding carboxylic acids is 1. The Hall–Kier alpha value is -2.13. The average Bonchev–Trinajstić information content (AvgIpc) is 2.62. The molecule has 1 atom stereocenters. The van der Waals surface area contributed by atoms with Gasteiger partial charge in [-0.3, -0.25) is 4.79 Å². The first-order valence-electron chi connectivity index (χ1n) is 4.75. The maximum Gasteiger partial charge on any atom is 0.435 e. The molecule has 1 aromatic heterocycles. The summed E-state index contributed by atoms with van der Waals surface area (Å²) in [4.78, 5) is 21.6. The molecular weight excluding hydrogens is 257 g/mol. The number of alkyl halides is 3. The lowest BCUT2D eigenvalue weighted by Crippen LogP contribution is -2.30. The first-order chi connectivity index (χ1) is 8.20. The summed E-state index contributed by atoms with van der Waals surface area (Å²) in [5.74, 6) is -2.93. The number of rotatable bonds is 4. The van der Waals surface area contributed by atoms with Crippen molar-refractivity contribution in [1.29, 1.82) is 0 Å². The Balaban J connectivity index is 3.46. The van der Waals surface area contributed by atoms with Crippen LogP contribution in [0.3, 0.4) is 0 Å². The van der Waals surface area contributed by atoms with Crippen LogP contribution in [0.25, 0.3) is 0 Å². The van der Waals surface area contributed by atoms with Gasteiger partial charge in [0.1, 0.15) is 6.04 Å². The molecule has 1 aromatic rings. The van der Waals surface area contributed by atoms with Crippen LogP contribution in [0.1, 0.15) is 35.6 Å². The minimum absolute atomic E-state index is 0.0686. The Morgan fingerprint density at radius 1 is 1.50 bits per heavy atom. The predicted molar refractivity (Wildman–Crippen MR) is 50.5 cm³/mol. The van der Waals surface area contributed by atoms with Gasteiger partial charge in [0.05, 0.1) is 0 Å². The Morgan fingerprint density at radius 2 is 2.06 bits per heavy atom. The van der Waals surface area contributed by atoms with Crippen LogP contribution in [-0.4, -0.2) is 32.0 Å². The monoisotopic (exact) mass is 266 g/mol. The second-order valence-corrected chi connectivity index (χ2v) is 3.36. The molecule has 0 aliphatic heterocycles. The zero-order valence-corrected chi connectivity index (χ0v) is 9.10. The highest BCUT2D eigenvalue weighted by atomic mass is 19.4. The minimum Gasteiger partial charge on any atom is -0.476 e. The summed E-state index contributed by atoms with van der Waals surface area (Å²) in [7, 11) is 0. The Bertz CT molecular complexity index is 482.